The molecule has 0 unspecified atom stereocenters. The summed E-state index contributed by atoms with van der Waals surface area (Å²) in [5, 5.41) is 14.0. The normalized spacial score (nSPS) is 12.9. The molecular weight excluding hydrogens is 492 g/mol. The van der Waals surface area contributed by atoms with Crippen LogP contribution in [0.2, 0.25) is 5.02 Å². The maximum absolute atomic E-state index is 14.1. The third-order valence-electron chi connectivity index (χ3n) is 4.53. The van der Waals surface area contributed by atoms with E-state index in [0.717, 1.165) is 10.4 Å². The summed E-state index contributed by atoms with van der Waals surface area (Å²) in [5.41, 5.74) is -1.10. The first kappa shape index (κ1) is 26.6. The Morgan fingerprint density at radius 2 is 1.97 bits per heavy atom. The number of aryl methyl sites for hydroxylation is 1. The Labute approximate surface area is 192 Å². The molecule has 14 heteroatoms. The summed E-state index contributed by atoms with van der Waals surface area (Å²) in [4.78, 5) is 10.2. The fraction of sp³-hybridized carbons (Fsp3) is 0.368. The van der Waals surface area contributed by atoms with Crippen LogP contribution in [0.15, 0.2) is 35.0 Å². The number of benzene rings is 1. The van der Waals surface area contributed by atoms with Crippen molar-refractivity contribution in [1.82, 2.24) is 19.4 Å². The largest absolute Gasteiger partial charge is 0.465 e. The van der Waals surface area contributed by atoms with Crippen LogP contribution in [-0.4, -0.2) is 54.3 Å². The molecule has 2 aromatic rings. The summed E-state index contributed by atoms with van der Waals surface area (Å²) in [6.45, 7) is 0.0647. The molecule has 0 aliphatic rings. The van der Waals surface area contributed by atoms with Gasteiger partial charge in [-0.25, -0.2) is 21.9 Å². The number of nitrogens with one attached hydrogen (secondary N) is 1. The first-order chi connectivity index (χ1) is 15.1. The molecule has 0 spiro atoms. The Kier molecular flexibility index (Phi) is 8.14. The van der Waals surface area contributed by atoms with Gasteiger partial charge in [-0.2, -0.15) is 18.3 Å². The minimum Gasteiger partial charge on any atom is -0.465 e. The van der Waals surface area contributed by atoms with E-state index >= 15 is 0 Å². The molecule has 182 valence electrons. The van der Waals surface area contributed by atoms with Gasteiger partial charge in [0.25, 0.3) is 0 Å². The lowest BCUT2D eigenvalue weighted by Crippen LogP contribution is -2.22. The van der Waals surface area contributed by atoms with Gasteiger partial charge in [-0.1, -0.05) is 17.7 Å². The maximum atomic E-state index is 14.1. The highest BCUT2D eigenvalue weighted by Gasteiger charge is 2.39. The molecule has 0 atom stereocenters. The summed E-state index contributed by atoms with van der Waals surface area (Å²) in [6, 6.07) is 3.81. The molecule has 1 aromatic carbocycles. The van der Waals surface area contributed by atoms with Gasteiger partial charge in [0.15, 0.2) is 0 Å². The number of nitrogens with zero attached hydrogens (tertiary/aromatic N) is 3. The van der Waals surface area contributed by atoms with E-state index < -0.39 is 46.9 Å². The summed E-state index contributed by atoms with van der Waals surface area (Å²) < 4.78 is 81.5. The van der Waals surface area contributed by atoms with Gasteiger partial charge < -0.3 is 10.4 Å². The molecular formula is C19H21ClF4N4O4S. The lowest BCUT2D eigenvalue weighted by Gasteiger charge is -2.15. The number of carboxylic acid groups (broad SMARTS) is 1. The van der Waals surface area contributed by atoms with Crippen LogP contribution in [0.3, 0.4) is 0 Å². The van der Waals surface area contributed by atoms with Crippen molar-refractivity contribution in [2.24, 2.45) is 0 Å². The van der Waals surface area contributed by atoms with Crippen molar-refractivity contribution in [2.75, 3.05) is 20.6 Å². The average Bonchev–Trinajstić information content (AvgIpc) is 2.96. The van der Waals surface area contributed by atoms with Gasteiger partial charge in [-0.3, -0.25) is 4.68 Å². The monoisotopic (exact) mass is 512 g/mol. The lowest BCUT2D eigenvalue weighted by atomic mass is 10.0. The van der Waals surface area contributed by atoms with Crippen molar-refractivity contribution in [3.8, 4) is 0 Å². The van der Waals surface area contributed by atoms with Crippen molar-refractivity contribution < 1.29 is 35.9 Å². The van der Waals surface area contributed by atoms with Crippen LogP contribution in [0, 0.1) is 6.92 Å². The van der Waals surface area contributed by atoms with E-state index in [1.54, 1.807) is 0 Å². The Morgan fingerprint density at radius 3 is 2.48 bits per heavy atom. The number of hydrogen-bond acceptors (Lipinski definition) is 4. The molecule has 0 aliphatic heterocycles. The van der Waals surface area contributed by atoms with Crippen LogP contribution in [0.25, 0.3) is 0 Å². The van der Waals surface area contributed by atoms with E-state index in [-0.39, 0.29) is 27.6 Å². The standard InChI is InChI=1S/C19H21ClF4N4O4S/c1-11-14(8-12-4-5-16(15(20)9-12)33(31,32)27(2)3)17(19(22,23)24)28(26-11)10-13(21)6-7-25-18(29)30/h4-6,9,25H,7-8,10H2,1-3H3,(H,29,30). The molecule has 0 aliphatic carbocycles. The number of aromatic nitrogens is 2. The Morgan fingerprint density at radius 1 is 1.33 bits per heavy atom. The third kappa shape index (κ3) is 6.45. The SMILES string of the molecule is Cc1nn(CC(F)=CCNC(=O)O)c(C(F)(F)F)c1Cc1ccc(S(=O)(=O)N(C)C)c(Cl)c1. The highest BCUT2D eigenvalue weighted by Crippen LogP contribution is 2.36. The molecule has 1 aromatic heterocycles. The van der Waals surface area contributed by atoms with Gasteiger partial charge in [0, 0.05) is 32.6 Å². The predicted molar refractivity (Wildman–Crippen MR) is 112 cm³/mol. The maximum Gasteiger partial charge on any atom is 0.433 e. The zero-order valence-corrected chi connectivity index (χ0v) is 19.3. The molecule has 2 N–H and O–H groups in total. The number of hydrogen-bond donors (Lipinski definition) is 2. The predicted octanol–water partition coefficient (Wildman–Crippen LogP) is 3.83. The van der Waals surface area contributed by atoms with Gasteiger partial charge in [0.2, 0.25) is 10.0 Å². The van der Waals surface area contributed by atoms with Crippen LogP contribution in [0.5, 0.6) is 0 Å². The first-order valence-electron chi connectivity index (χ1n) is 9.30. The fourth-order valence-electron chi connectivity index (χ4n) is 2.98. The second-order valence-electron chi connectivity index (χ2n) is 7.13. The summed E-state index contributed by atoms with van der Waals surface area (Å²) in [6.07, 6.45) is -5.76. The number of carbonyl (C=O) groups is 1. The number of allylic oxidation sites excluding steroid dienone is 1. The van der Waals surface area contributed by atoms with Crippen molar-refractivity contribution in [1.29, 1.82) is 0 Å². The van der Waals surface area contributed by atoms with E-state index in [0.29, 0.717) is 10.2 Å². The molecule has 0 fully saturated rings. The molecule has 0 saturated carbocycles. The molecule has 2 rings (SSSR count). The molecule has 0 saturated heterocycles. The molecule has 1 amide bonds. The summed E-state index contributed by atoms with van der Waals surface area (Å²) in [7, 11) is -1.21. The Bertz CT molecular complexity index is 1180. The van der Waals surface area contributed by atoms with Crippen molar-refractivity contribution in [3.63, 3.8) is 0 Å². The van der Waals surface area contributed by atoms with Crippen LogP contribution in [-0.2, 0) is 29.2 Å². The molecule has 0 bridgehead atoms. The highest BCUT2D eigenvalue weighted by molar-refractivity contribution is 7.89. The number of alkyl halides is 3. The zero-order valence-electron chi connectivity index (χ0n) is 17.7. The number of rotatable bonds is 8. The average molecular weight is 513 g/mol. The van der Waals surface area contributed by atoms with Crippen LogP contribution >= 0.6 is 11.6 Å². The number of halogens is 5. The zero-order chi connectivity index (χ0) is 25.1. The minimum absolute atomic E-state index is 0.0000944. The van der Waals surface area contributed by atoms with Crippen LogP contribution in [0.4, 0.5) is 22.4 Å². The van der Waals surface area contributed by atoms with Crippen LogP contribution in [0.1, 0.15) is 22.5 Å². The van der Waals surface area contributed by atoms with Gasteiger partial charge in [0.1, 0.15) is 16.4 Å². The van der Waals surface area contributed by atoms with Crippen LogP contribution < -0.4 is 5.32 Å². The smallest absolute Gasteiger partial charge is 0.433 e. The number of sulfonamides is 1. The lowest BCUT2D eigenvalue weighted by molar-refractivity contribution is -0.144. The van der Waals surface area contributed by atoms with Gasteiger partial charge in [-0.15, -0.1) is 0 Å². The summed E-state index contributed by atoms with van der Waals surface area (Å²) in [5.74, 6) is -1.01. The molecule has 8 nitrogen and oxygen atoms in total. The van der Waals surface area contributed by atoms with Crippen molar-refractivity contribution in [2.45, 2.75) is 31.0 Å². The highest BCUT2D eigenvalue weighted by atomic mass is 35.5. The van der Waals surface area contributed by atoms with Gasteiger partial charge in [0.05, 0.1) is 17.3 Å². The molecule has 33 heavy (non-hydrogen) atoms. The second kappa shape index (κ2) is 10.1. The van der Waals surface area contributed by atoms with Gasteiger partial charge >= 0.3 is 12.3 Å². The molecule has 0 radical (unpaired) electrons. The molecule has 1 heterocycles. The van der Waals surface area contributed by atoms with E-state index in [4.69, 9.17) is 16.7 Å². The first-order valence-corrected chi connectivity index (χ1v) is 11.1. The topological polar surface area (TPSA) is 105 Å². The minimum atomic E-state index is -4.87. The Hall–Kier alpha value is -2.64. The second-order valence-corrected chi connectivity index (χ2v) is 9.66. The number of amides is 1. The third-order valence-corrected chi connectivity index (χ3v) is 6.83. The quantitative estimate of drug-likeness (QED) is 0.523. The van der Waals surface area contributed by atoms with Crippen molar-refractivity contribution in [3.05, 3.63) is 57.6 Å². The van der Waals surface area contributed by atoms with E-state index in [1.807, 2.05) is 5.32 Å². The van der Waals surface area contributed by atoms with E-state index in [1.165, 1.54) is 39.2 Å². The van der Waals surface area contributed by atoms with Gasteiger partial charge in [-0.05, 0) is 30.7 Å². The van der Waals surface area contributed by atoms with Crippen molar-refractivity contribution >= 4 is 27.7 Å². The van der Waals surface area contributed by atoms with E-state index in [2.05, 4.69) is 5.10 Å². The Balaban J connectivity index is 2.42. The fourth-order valence-corrected chi connectivity index (χ4v) is 4.42. The van der Waals surface area contributed by atoms with E-state index in [9.17, 15) is 30.8 Å². The summed E-state index contributed by atoms with van der Waals surface area (Å²) >= 11 is 6.08.